The van der Waals surface area contributed by atoms with Crippen molar-refractivity contribution in [2.24, 2.45) is 0 Å². The van der Waals surface area contributed by atoms with E-state index in [1.807, 2.05) is 48.7 Å². The topological polar surface area (TPSA) is 33.7 Å². The molecule has 0 saturated heterocycles. The number of rotatable bonds is 5. The molecule has 0 aromatic heterocycles. The van der Waals surface area contributed by atoms with Crippen molar-refractivity contribution < 1.29 is 9.47 Å². The highest BCUT2D eigenvalue weighted by Crippen LogP contribution is 2.31. The summed E-state index contributed by atoms with van der Waals surface area (Å²) in [5.41, 5.74) is 2.15. The van der Waals surface area contributed by atoms with Crippen LogP contribution in [0.15, 0.2) is 61.0 Å². The molecule has 4 nitrogen and oxygen atoms in total. The van der Waals surface area contributed by atoms with Gasteiger partial charge in [0, 0.05) is 31.0 Å². The molecular weight excluding hydrogens is 264 g/mol. The van der Waals surface area contributed by atoms with Gasteiger partial charge in [-0.25, -0.2) is 0 Å². The van der Waals surface area contributed by atoms with Crippen LogP contribution < -0.4 is 19.7 Å². The van der Waals surface area contributed by atoms with Gasteiger partial charge in [-0.2, -0.15) is 0 Å². The lowest BCUT2D eigenvalue weighted by molar-refractivity contribution is 0.415. The predicted molar refractivity (Wildman–Crippen MR) is 85.0 cm³/mol. The lowest BCUT2D eigenvalue weighted by atomic mass is 10.2. The van der Waals surface area contributed by atoms with Crippen LogP contribution in [0.25, 0.3) is 0 Å². The standard InChI is InChI=1S/C17H18N2O2/c1-20-15-6-4-5-14(13-15)18-9-10-19-11-12-21-17-8-3-2-7-16(17)19/h2-8,11-13,18H,9-10H2,1H3. The first-order valence-electron chi connectivity index (χ1n) is 6.94. The molecule has 0 spiro atoms. The Kier molecular flexibility index (Phi) is 3.96. The molecule has 2 aromatic rings. The highest BCUT2D eigenvalue weighted by Gasteiger charge is 2.12. The summed E-state index contributed by atoms with van der Waals surface area (Å²) in [7, 11) is 1.68. The van der Waals surface area contributed by atoms with E-state index in [-0.39, 0.29) is 0 Å². The van der Waals surface area contributed by atoms with Gasteiger partial charge in [0.1, 0.15) is 17.8 Å². The third-order valence-corrected chi connectivity index (χ3v) is 3.36. The maximum Gasteiger partial charge on any atom is 0.150 e. The minimum atomic E-state index is 0.825. The van der Waals surface area contributed by atoms with Crippen LogP contribution in [0.1, 0.15) is 0 Å². The van der Waals surface area contributed by atoms with Crippen molar-refractivity contribution >= 4 is 11.4 Å². The minimum absolute atomic E-state index is 0.825. The largest absolute Gasteiger partial charge is 0.497 e. The summed E-state index contributed by atoms with van der Waals surface area (Å²) >= 11 is 0. The first-order chi connectivity index (χ1) is 10.4. The van der Waals surface area contributed by atoms with Crippen molar-refractivity contribution in [3.8, 4) is 11.5 Å². The average Bonchev–Trinajstić information content (AvgIpc) is 2.55. The van der Waals surface area contributed by atoms with E-state index in [2.05, 4.69) is 16.3 Å². The number of hydrogen-bond donors (Lipinski definition) is 1. The summed E-state index contributed by atoms with van der Waals surface area (Å²) in [5.74, 6) is 1.75. The Hall–Kier alpha value is -2.62. The second-order valence-electron chi connectivity index (χ2n) is 4.72. The normalized spacial score (nSPS) is 12.5. The fraction of sp³-hybridized carbons (Fsp3) is 0.176. The number of benzene rings is 2. The summed E-state index contributed by atoms with van der Waals surface area (Å²) in [6, 6.07) is 16.0. The van der Waals surface area contributed by atoms with Crippen molar-refractivity contribution in [3.05, 3.63) is 61.0 Å². The Morgan fingerprint density at radius 3 is 2.95 bits per heavy atom. The molecule has 1 aliphatic rings. The molecule has 0 aliphatic carbocycles. The molecule has 2 aromatic carbocycles. The molecule has 1 aliphatic heterocycles. The number of nitrogens with one attached hydrogen (secondary N) is 1. The molecule has 0 fully saturated rings. The first kappa shape index (κ1) is 13.4. The minimum Gasteiger partial charge on any atom is -0.497 e. The summed E-state index contributed by atoms with van der Waals surface area (Å²) in [4.78, 5) is 2.17. The van der Waals surface area contributed by atoms with Gasteiger partial charge in [0.2, 0.25) is 0 Å². The third kappa shape index (κ3) is 3.11. The summed E-state index contributed by atoms with van der Waals surface area (Å²) in [5, 5.41) is 3.40. The molecule has 21 heavy (non-hydrogen) atoms. The van der Waals surface area contributed by atoms with Crippen molar-refractivity contribution in [1.29, 1.82) is 0 Å². The Labute approximate surface area is 124 Å². The molecule has 0 amide bonds. The predicted octanol–water partition coefficient (Wildman–Crippen LogP) is 3.48. The molecule has 3 rings (SSSR count). The highest BCUT2D eigenvalue weighted by molar-refractivity contribution is 5.62. The van der Waals surface area contributed by atoms with E-state index in [0.717, 1.165) is 36.0 Å². The molecule has 108 valence electrons. The molecule has 0 atom stereocenters. The van der Waals surface area contributed by atoms with Gasteiger partial charge < -0.3 is 19.7 Å². The zero-order chi connectivity index (χ0) is 14.5. The molecule has 0 bridgehead atoms. The van der Waals surface area contributed by atoms with Crippen molar-refractivity contribution in [2.45, 2.75) is 0 Å². The highest BCUT2D eigenvalue weighted by atomic mass is 16.5. The maximum absolute atomic E-state index is 5.49. The second-order valence-corrected chi connectivity index (χ2v) is 4.72. The lowest BCUT2D eigenvalue weighted by Crippen LogP contribution is -2.26. The molecule has 0 radical (unpaired) electrons. The van der Waals surface area contributed by atoms with Gasteiger partial charge in [0.05, 0.1) is 12.8 Å². The fourth-order valence-electron chi connectivity index (χ4n) is 2.30. The van der Waals surface area contributed by atoms with E-state index in [0.29, 0.717) is 0 Å². The zero-order valence-electron chi connectivity index (χ0n) is 12.0. The Morgan fingerprint density at radius 2 is 2.05 bits per heavy atom. The van der Waals surface area contributed by atoms with E-state index < -0.39 is 0 Å². The van der Waals surface area contributed by atoms with Crippen molar-refractivity contribution in [2.75, 3.05) is 30.4 Å². The molecule has 0 saturated carbocycles. The van der Waals surface area contributed by atoms with Crippen LogP contribution >= 0.6 is 0 Å². The number of anilines is 2. The van der Waals surface area contributed by atoms with E-state index >= 15 is 0 Å². The number of ether oxygens (including phenoxy) is 2. The quantitative estimate of drug-likeness (QED) is 0.910. The second kappa shape index (κ2) is 6.22. The number of hydrogen-bond acceptors (Lipinski definition) is 4. The van der Waals surface area contributed by atoms with Gasteiger partial charge in [-0.1, -0.05) is 18.2 Å². The molecule has 1 heterocycles. The summed E-state index contributed by atoms with van der Waals surface area (Å²) in [6.07, 6.45) is 3.67. The first-order valence-corrected chi connectivity index (χ1v) is 6.94. The SMILES string of the molecule is COc1cccc(NCCN2C=COc3ccccc32)c1. The zero-order valence-corrected chi connectivity index (χ0v) is 12.0. The summed E-state index contributed by atoms with van der Waals surface area (Å²) in [6.45, 7) is 1.68. The molecule has 1 N–H and O–H groups in total. The maximum atomic E-state index is 5.49. The Bertz CT molecular complexity index is 640. The Morgan fingerprint density at radius 1 is 1.14 bits per heavy atom. The van der Waals surface area contributed by atoms with Gasteiger partial charge in [-0.05, 0) is 24.3 Å². The summed E-state index contributed by atoms with van der Waals surface area (Å²) < 4.78 is 10.7. The molecular formula is C17H18N2O2. The van der Waals surface area contributed by atoms with Crippen LogP contribution in [0.4, 0.5) is 11.4 Å². The number of fused-ring (bicyclic) bond motifs is 1. The van der Waals surface area contributed by atoms with E-state index in [1.165, 1.54) is 0 Å². The van der Waals surface area contributed by atoms with Crippen molar-refractivity contribution in [1.82, 2.24) is 0 Å². The Balaban J connectivity index is 1.60. The van der Waals surface area contributed by atoms with Crippen LogP contribution in [0.2, 0.25) is 0 Å². The van der Waals surface area contributed by atoms with Gasteiger partial charge in [0.15, 0.2) is 0 Å². The lowest BCUT2D eigenvalue weighted by Gasteiger charge is -2.26. The van der Waals surface area contributed by atoms with Crippen LogP contribution in [-0.2, 0) is 0 Å². The van der Waals surface area contributed by atoms with Crippen LogP contribution in [-0.4, -0.2) is 20.2 Å². The van der Waals surface area contributed by atoms with Crippen LogP contribution in [0.5, 0.6) is 11.5 Å². The van der Waals surface area contributed by atoms with Gasteiger partial charge in [-0.3, -0.25) is 0 Å². The van der Waals surface area contributed by atoms with E-state index in [4.69, 9.17) is 9.47 Å². The van der Waals surface area contributed by atoms with E-state index in [1.54, 1.807) is 13.4 Å². The van der Waals surface area contributed by atoms with Gasteiger partial charge >= 0.3 is 0 Å². The fourth-order valence-corrected chi connectivity index (χ4v) is 2.30. The van der Waals surface area contributed by atoms with Crippen molar-refractivity contribution in [3.63, 3.8) is 0 Å². The number of para-hydroxylation sites is 2. The monoisotopic (exact) mass is 282 g/mol. The number of nitrogens with zero attached hydrogens (tertiary/aromatic N) is 1. The average molecular weight is 282 g/mol. The molecule has 4 heteroatoms. The van der Waals surface area contributed by atoms with Gasteiger partial charge in [-0.15, -0.1) is 0 Å². The van der Waals surface area contributed by atoms with Gasteiger partial charge in [0.25, 0.3) is 0 Å². The number of methoxy groups -OCH3 is 1. The third-order valence-electron chi connectivity index (χ3n) is 3.36. The molecule has 0 unspecified atom stereocenters. The van der Waals surface area contributed by atoms with Crippen LogP contribution in [0.3, 0.4) is 0 Å². The van der Waals surface area contributed by atoms with E-state index in [9.17, 15) is 0 Å². The smallest absolute Gasteiger partial charge is 0.150 e. The van der Waals surface area contributed by atoms with Crippen LogP contribution in [0, 0.1) is 0 Å².